The van der Waals surface area contributed by atoms with Crippen molar-refractivity contribution in [2.75, 3.05) is 0 Å². The van der Waals surface area contributed by atoms with Gasteiger partial charge in [-0.05, 0) is 12.1 Å². The first-order valence-electron chi connectivity index (χ1n) is 3.67. The highest BCUT2D eigenvalue weighted by atomic mass is 79.9. The van der Waals surface area contributed by atoms with E-state index in [1.165, 1.54) is 0 Å². The maximum absolute atomic E-state index is 10.6. The minimum absolute atomic E-state index is 0.914. The zero-order valence-electron chi connectivity index (χ0n) is 6.57. The van der Waals surface area contributed by atoms with Crippen LogP contribution in [0.2, 0.25) is 0 Å². The topological polar surface area (TPSA) is 42.2 Å². The molecule has 1 N–H and O–H groups in total. The summed E-state index contributed by atoms with van der Waals surface area (Å²) in [5.41, 5.74) is 0. The molecule has 3 nitrogen and oxygen atoms in total. The van der Waals surface area contributed by atoms with E-state index in [0.717, 1.165) is 19.8 Å². The average molecular weight is 240 g/mol. The van der Waals surface area contributed by atoms with Gasteiger partial charge < -0.3 is 5.11 Å². The zero-order valence-corrected chi connectivity index (χ0v) is 8.15. The standard InChI is InChI=1S/C9H6BrNO2/c10-8-2-1-6-4-11(9(12)13)5-7(6)3-8/h1-5H,(H,12,13). The van der Waals surface area contributed by atoms with Crippen LogP contribution in [0.5, 0.6) is 0 Å². The highest BCUT2D eigenvalue weighted by Gasteiger charge is 2.03. The van der Waals surface area contributed by atoms with Gasteiger partial charge >= 0.3 is 6.09 Å². The van der Waals surface area contributed by atoms with Crippen molar-refractivity contribution >= 4 is 32.8 Å². The van der Waals surface area contributed by atoms with Crippen LogP contribution in [0, 0.1) is 0 Å². The van der Waals surface area contributed by atoms with Gasteiger partial charge in [0.1, 0.15) is 0 Å². The number of aromatic nitrogens is 1. The molecular weight excluding hydrogens is 234 g/mol. The number of hydrogen-bond donors (Lipinski definition) is 1. The maximum Gasteiger partial charge on any atom is 0.415 e. The van der Waals surface area contributed by atoms with Gasteiger partial charge in [0.15, 0.2) is 0 Å². The summed E-state index contributed by atoms with van der Waals surface area (Å²) in [4.78, 5) is 10.6. The van der Waals surface area contributed by atoms with Gasteiger partial charge in [-0.15, -0.1) is 0 Å². The molecule has 0 spiro atoms. The van der Waals surface area contributed by atoms with Crippen LogP contribution in [-0.2, 0) is 0 Å². The first-order valence-corrected chi connectivity index (χ1v) is 4.47. The van der Waals surface area contributed by atoms with Gasteiger partial charge in [-0.1, -0.05) is 22.0 Å². The fourth-order valence-corrected chi connectivity index (χ4v) is 1.60. The lowest BCUT2D eigenvalue weighted by Crippen LogP contribution is -2.03. The fourth-order valence-electron chi connectivity index (χ4n) is 1.22. The van der Waals surface area contributed by atoms with E-state index >= 15 is 0 Å². The van der Waals surface area contributed by atoms with Crippen molar-refractivity contribution in [2.24, 2.45) is 0 Å². The third-order valence-corrected chi connectivity index (χ3v) is 2.32. The summed E-state index contributed by atoms with van der Waals surface area (Å²) in [6.45, 7) is 0. The lowest BCUT2D eigenvalue weighted by Gasteiger charge is -1.88. The van der Waals surface area contributed by atoms with Crippen LogP contribution in [0.25, 0.3) is 10.8 Å². The van der Waals surface area contributed by atoms with Crippen LogP contribution in [0.3, 0.4) is 0 Å². The van der Waals surface area contributed by atoms with Gasteiger partial charge in [0, 0.05) is 27.6 Å². The van der Waals surface area contributed by atoms with Crippen molar-refractivity contribution in [1.29, 1.82) is 0 Å². The quantitative estimate of drug-likeness (QED) is 0.769. The molecule has 0 atom stereocenters. The molecule has 0 radical (unpaired) electrons. The predicted molar refractivity (Wildman–Crippen MR) is 53.1 cm³/mol. The molecule has 1 aromatic carbocycles. The predicted octanol–water partition coefficient (Wildman–Crippen LogP) is 2.93. The Morgan fingerprint density at radius 1 is 1.31 bits per heavy atom. The van der Waals surface area contributed by atoms with E-state index < -0.39 is 6.09 Å². The Bertz CT molecular complexity index is 475. The first-order chi connectivity index (χ1) is 6.16. The first kappa shape index (κ1) is 8.31. The number of nitrogens with zero attached hydrogens (tertiary/aromatic N) is 1. The Morgan fingerprint density at radius 2 is 2.00 bits per heavy atom. The van der Waals surface area contributed by atoms with Crippen molar-refractivity contribution in [2.45, 2.75) is 0 Å². The van der Waals surface area contributed by atoms with E-state index in [2.05, 4.69) is 15.9 Å². The number of fused-ring (bicyclic) bond motifs is 1. The minimum Gasteiger partial charge on any atom is -0.464 e. The summed E-state index contributed by atoms with van der Waals surface area (Å²) in [5.74, 6) is 0. The molecule has 0 bridgehead atoms. The summed E-state index contributed by atoms with van der Waals surface area (Å²) in [6, 6.07) is 5.64. The molecule has 2 aromatic rings. The van der Waals surface area contributed by atoms with Gasteiger partial charge in [0.05, 0.1) is 0 Å². The third-order valence-electron chi connectivity index (χ3n) is 1.83. The van der Waals surface area contributed by atoms with Crippen molar-refractivity contribution in [1.82, 2.24) is 4.57 Å². The fraction of sp³-hybridized carbons (Fsp3) is 0. The van der Waals surface area contributed by atoms with Crippen molar-refractivity contribution in [3.63, 3.8) is 0 Å². The van der Waals surface area contributed by atoms with Crippen molar-refractivity contribution in [3.8, 4) is 0 Å². The lowest BCUT2D eigenvalue weighted by atomic mass is 10.2. The summed E-state index contributed by atoms with van der Waals surface area (Å²) in [5, 5.41) is 10.5. The molecule has 0 saturated carbocycles. The van der Waals surface area contributed by atoms with E-state index in [1.807, 2.05) is 18.2 Å². The highest BCUT2D eigenvalue weighted by Crippen LogP contribution is 2.20. The summed E-state index contributed by atoms with van der Waals surface area (Å²) < 4.78 is 2.10. The maximum atomic E-state index is 10.6. The van der Waals surface area contributed by atoms with Gasteiger partial charge in [0.25, 0.3) is 0 Å². The number of carboxylic acid groups (broad SMARTS) is 1. The van der Waals surface area contributed by atoms with E-state index in [-0.39, 0.29) is 0 Å². The zero-order chi connectivity index (χ0) is 9.42. The summed E-state index contributed by atoms with van der Waals surface area (Å²) in [7, 11) is 0. The molecular formula is C9H6BrNO2. The molecule has 0 aliphatic carbocycles. The second kappa shape index (κ2) is 2.88. The van der Waals surface area contributed by atoms with Gasteiger partial charge in [-0.3, -0.25) is 4.57 Å². The lowest BCUT2D eigenvalue weighted by molar-refractivity contribution is 0.196. The number of carbonyl (C=O) groups is 1. The Labute approximate surface area is 82.7 Å². The smallest absolute Gasteiger partial charge is 0.415 e. The Balaban J connectivity index is 2.68. The van der Waals surface area contributed by atoms with Crippen LogP contribution in [0.15, 0.2) is 35.1 Å². The van der Waals surface area contributed by atoms with Crippen LogP contribution in [-0.4, -0.2) is 15.8 Å². The van der Waals surface area contributed by atoms with E-state index in [9.17, 15) is 4.79 Å². The minimum atomic E-state index is -0.965. The Kier molecular flexibility index (Phi) is 1.84. The second-order valence-electron chi connectivity index (χ2n) is 2.72. The molecule has 0 fully saturated rings. The monoisotopic (exact) mass is 239 g/mol. The molecule has 4 heteroatoms. The molecule has 1 aromatic heterocycles. The Morgan fingerprint density at radius 3 is 2.69 bits per heavy atom. The summed E-state index contributed by atoms with van der Waals surface area (Å²) in [6.07, 6.45) is 2.21. The molecule has 0 aliphatic rings. The van der Waals surface area contributed by atoms with Crippen LogP contribution < -0.4 is 0 Å². The second-order valence-corrected chi connectivity index (χ2v) is 3.64. The van der Waals surface area contributed by atoms with E-state index in [4.69, 9.17) is 5.11 Å². The molecule has 0 unspecified atom stereocenters. The highest BCUT2D eigenvalue weighted by molar-refractivity contribution is 9.10. The van der Waals surface area contributed by atoms with Crippen molar-refractivity contribution in [3.05, 3.63) is 35.1 Å². The van der Waals surface area contributed by atoms with Gasteiger partial charge in [-0.2, -0.15) is 0 Å². The average Bonchev–Trinajstić information content (AvgIpc) is 2.46. The molecule has 13 heavy (non-hydrogen) atoms. The van der Waals surface area contributed by atoms with E-state index in [1.54, 1.807) is 12.4 Å². The normalized spacial score (nSPS) is 10.5. The van der Waals surface area contributed by atoms with Gasteiger partial charge in [0.2, 0.25) is 0 Å². The number of halogens is 1. The third kappa shape index (κ3) is 1.45. The molecule has 1 heterocycles. The molecule has 0 saturated heterocycles. The van der Waals surface area contributed by atoms with Crippen LogP contribution >= 0.6 is 15.9 Å². The van der Waals surface area contributed by atoms with E-state index in [0.29, 0.717) is 0 Å². The SMILES string of the molecule is O=C(O)n1cc2ccc(Br)cc2c1. The van der Waals surface area contributed by atoms with Crippen LogP contribution in [0.1, 0.15) is 0 Å². The molecule has 0 amide bonds. The molecule has 66 valence electrons. The number of benzene rings is 1. The van der Waals surface area contributed by atoms with Gasteiger partial charge in [-0.25, -0.2) is 4.79 Å². The number of hydrogen-bond acceptors (Lipinski definition) is 1. The largest absolute Gasteiger partial charge is 0.464 e. The molecule has 2 rings (SSSR count). The summed E-state index contributed by atoms with van der Waals surface area (Å²) >= 11 is 3.32. The number of rotatable bonds is 0. The Hall–Kier alpha value is -1.29. The van der Waals surface area contributed by atoms with Crippen LogP contribution in [0.4, 0.5) is 4.79 Å². The molecule has 0 aliphatic heterocycles. The van der Waals surface area contributed by atoms with Crippen molar-refractivity contribution < 1.29 is 9.90 Å².